The number of amides is 3. The molecule has 2 unspecified atom stereocenters. The second-order valence-corrected chi connectivity index (χ2v) is 17.5. The Morgan fingerprint density at radius 3 is 1.88 bits per heavy atom. The van der Waals surface area contributed by atoms with Gasteiger partial charge in [-0.15, -0.1) is 0 Å². The summed E-state index contributed by atoms with van der Waals surface area (Å²) in [6, 6.07) is 13.9. The maximum atomic E-state index is 13.0. The van der Waals surface area contributed by atoms with Crippen LogP contribution in [0.4, 0.5) is 4.79 Å². The molecule has 2 aromatic rings. The van der Waals surface area contributed by atoms with Crippen molar-refractivity contribution in [3.8, 4) is 11.1 Å². The molecule has 11 nitrogen and oxygen atoms in total. The van der Waals surface area contributed by atoms with E-state index in [9.17, 15) is 29.1 Å². The molecule has 0 bridgehead atoms. The number of carbonyl (C=O) groups excluding carboxylic acids is 4. The summed E-state index contributed by atoms with van der Waals surface area (Å²) < 4.78 is 11.1. The molecule has 0 heterocycles. The van der Waals surface area contributed by atoms with Crippen molar-refractivity contribution in [3.05, 3.63) is 59.7 Å². The minimum atomic E-state index is -1.17. The third kappa shape index (κ3) is 18.7. The second-order valence-electron chi connectivity index (χ2n) is 16.3. The first kappa shape index (κ1) is 48.3. The van der Waals surface area contributed by atoms with Crippen molar-refractivity contribution in [2.45, 2.75) is 160 Å². The minimum absolute atomic E-state index is 0.00213. The number of esters is 1. The molecule has 58 heavy (non-hydrogen) atoms. The Morgan fingerprint density at radius 2 is 1.28 bits per heavy atom. The molecule has 0 radical (unpaired) electrons. The number of hydrogen-bond acceptors (Lipinski definition) is 8. The van der Waals surface area contributed by atoms with Crippen LogP contribution in [0.2, 0.25) is 0 Å². The van der Waals surface area contributed by atoms with Crippen LogP contribution in [0.25, 0.3) is 11.1 Å². The smallest absolute Gasteiger partial charge is 0.407 e. The number of nitrogens with one attached hydrogen (secondary N) is 3. The van der Waals surface area contributed by atoms with Gasteiger partial charge in [0.1, 0.15) is 24.3 Å². The van der Waals surface area contributed by atoms with Gasteiger partial charge in [0.2, 0.25) is 11.8 Å². The van der Waals surface area contributed by atoms with Crippen molar-refractivity contribution in [1.82, 2.24) is 16.0 Å². The van der Waals surface area contributed by atoms with Crippen LogP contribution in [-0.4, -0.2) is 77.3 Å². The monoisotopic (exact) mass is 823 g/mol. The lowest BCUT2D eigenvalue weighted by molar-refractivity contribution is -0.159. The van der Waals surface area contributed by atoms with E-state index in [1.807, 2.05) is 60.3 Å². The number of unbranched alkanes of at least 4 members (excludes halogenated alkanes) is 10. The van der Waals surface area contributed by atoms with Crippen molar-refractivity contribution < 1.29 is 38.6 Å². The molecule has 0 aliphatic heterocycles. The number of carboxylic acids is 1. The summed E-state index contributed by atoms with van der Waals surface area (Å²) in [7, 11) is 0. The normalized spacial score (nSPS) is 13.2. The molecule has 1 aliphatic carbocycles. The third-order valence-electron chi connectivity index (χ3n) is 10.2. The summed E-state index contributed by atoms with van der Waals surface area (Å²) >= 11 is 2.04. The van der Waals surface area contributed by atoms with E-state index in [1.165, 1.54) is 56.5 Å². The highest BCUT2D eigenvalue weighted by molar-refractivity contribution is 7.99. The number of carbonyl (C=O) groups is 5. The number of alkyl carbamates (subject to hydrolysis) is 1. The van der Waals surface area contributed by atoms with E-state index in [0.29, 0.717) is 19.3 Å². The summed E-state index contributed by atoms with van der Waals surface area (Å²) in [6.07, 6.45) is 13.8. The first-order valence-corrected chi connectivity index (χ1v) is 22.8. The topological polar surface area (TPSA) is 160 Å². The molecule has 2 atom stereocenters. The number of hydrogen-bond donors (Lipinski definition) is 4. The Balaban J connectivity index is 1.30. The van der Waals surface area contributed by atoms with E-state index in [-0.39, 0.29) is 50.1 Å². The lowest BCUT2D eigenvalue weighted by Crippen LogP contribution is -2.44. The maximum absolute atomic E-state index is 13.0. The van der Waals surface area contributed by atoms with Crippen LogP contribution >= 0.6 is 11.8 Å². The summed E-state index contributed by atoms with van der Waals surface area (Å²) in [5.41, 5.74) is 3.58. The van der Waals surface area contributed by atoms with Gasteiger partial charge >= 0.3 is 18.0 Å². The standard InChI is InChI=1S/C46H69N3O8S/c1-5-6-7-8-11-20-31-58-32-21-12-9-10-13-27-42(51)48-40(44(54)57-46(2,3)4)28-29-41(50)47-30-19-18-26-39(43(52)53)49-45(55)56-33-38-36-24-16-14-22-34(36)35-23-15-17-25-37(35)38/h14-17,22-25,38-40H,5-13,18-21,26-33H2,1-4H3,(H,47,50)(H,48,51)(H,49,55)(H,52,53). The molecule has 12 heteroatoms. The largest absolute Gasteiger partial charge is 0.480 e. The molecule has 0 spiro atoms. The highest BCUT2D eigenvalue weighted by atomic mass is 32.2. The number of thioether (sulfide) groups is 1. The summed E-state index contributed by atoms with van der Waals surface area (Å²) in [5.74, 6) is 0.0277. The van der Waals surface area contributed by atoms with E-state index < -0.39 is 35.7 Å². The van der Waals surface area contributed by atoms with Crippen LogP contribution in [0.5, 0.6) is 0 Å². The Bertz CT molecular complexity index is 1530. The number of benzene rings is 2. The Labute approximate surface area is 350 Å². The highest BCUT2D eigenvalue weighted by Gasteiger charge is 2.30. The average molecular weight is 824 g/mol. The van der Waals surface area contributed by atoms with Gasteiger partial charge in [-0.2, -0.15) is 11.8 Å². The Hall–Kier alpha value is -4.06. The van der Waals surface area contributed by atoms with E-state index in [2.05, 4.69) is 22.9 Å². The van der Waals surface area contributed by atoms with Gasteiger partial charge in [0.25, 0.3) is 0 Å². The van der Waals surface area contributed by atoms with Gasteiger partial charge in [0.05, 0.1) is 0 Å². The number of fused-ring (bicyclic) bond motifs is 3. The molecule has 322 valence electrons. The van der Waals surface area contributed by atoms with Crippen molar-refractivity contribution in [2.24, 2.45) is 0 Å². The Morgan fingerprint density at radius 1 is 0.690 bits per heavy atom. The van der Waals surface area contributed by atoms with Gasteiger partial charge in [0.15, 0.2) is 0 Å². The average Bonchev–Trinajstić information content (AvgIpc) is 3.50. The number of aliphatic carboxylic acids is 1. The van der Waals surface area contributed by atoms with Crippen molar-refractivity contribution >= 4 is 41.6 Å². The van der Waals surface area contributed by atoms with Crippen molar-refractivity contribution in [1.29, 1.82) is 0 Å². The molecule has 0 fully saturated rings. The van der Waals surface area contributed by atoms with E-state index in [0.717, 1.165) is 47.9 Å². The fraction of sp³-hybridized carbons (Fsp3) is 0.630. The maximum Gasteiger partial charge on any atom is 0.407 e. The summed E-state index contributed by atoms with van der Waals surface area (Å²) in [6.45, 7) is 7.88. The zero-order valence-electron chi connectivity index (χ0n) is 35.4. The number of rotatable bonds is 29. The van der Waals surface area contributed by atoms with E-state index in [4.69, 9.17) is 9.47 Å². The van der Waals surface area contributed by atoms with Crippen LogP contribution in [0, 0.1) is 0 Å². The molecule has 4 N–H and O–H groups in total. The van der Waals surface area contributed by atoms with Gasteiger partial charge in [-0.25, -0.2) is 14.4 Å². The first-order chi connectivity index (χ1) is 27.9. The van der Waals surface area contributed by atoms with Crippen LogP contribution < -0.4 is 16.0 Å². The van der Waals surface area contributed by atoms with Gasteiger partial charge in [-0.3, -0.25) is 9.59 Å². The SMILES string of the molecule is CCCCCCCCSCCCCCCCC(=O)NC(CCC(=O)NCCCCC(NC(=O)OCC1c2ccccc2-c2ccccc21)C(=O)O)C(=O)OC(C)(C)C. The van der Waals surface area contributed by atoms with Gasteiger partial charge in [0, 0.05) is 25.3 Å². The fourth-order valence-electron chi connectivity index (χ4n) is 7.10. The summed E-state index contributed by atoms with van der Waals surface area (Å²) in [4.78, 5) is 63.1. The molecule has 3 amide bonds. The zero-order valence-corrected chi connectivity index (χ0v) is 36.2. The molecular weight excluding hydrogens is 755 g/mol. The van der Waals surface area contributed by atoms with Gasteiger partial charge < -0.3 is 30.5 Å². The predicted molar refractivity (Wildman–Crippen MR) is 232 cm³/mol. The minimum Gasteiger partial charge on any atom is -0.480 e. The van der Waals surface area contributed by atoms with Gasteiger partial charge in [-0.05, 0) is 99.5 Å². The van der Waals surface area contributed by atoms with Crippen LogP contribution in [0.15, 0.2) is 48.5 Å². The zero-order chi connectivity index (χ0) is 42.2. The molecule has 0 saturated carbocycles. The quantitative estimate of drug-likeness (QED) is 0.0463. The highest BCUT2D eigenvalue weighted by Crippen LogP contribution is 2.44. The van der Waals surface area contributed by atoms with E-state index >= 15 is 0 Å². The molecule has 0 saturated heterocycles. The number of ether oxygens (including phenoxy) is 2. The molecule has 3 rings (SSSR count). The van der Waals surface area contributed by atoms with Crippen LogP contribution in [-0.2, 0) is 28.7 Å². The number of carboxylic acid groups (broad SMARTS) is 1. The van der Waals surface area contributed by atoms with Gasteiger partial charge in [-0.1, -0.05) is 107 Å². The first-order valence-electron chi connectivity index (χ1n) is 21.6. The predicted octanol–water partition coefficient (Wildman–Crippen LogP) is 9.31. The lowest BCUT2D eigenvalue weighted by atomic mass is 9.98. The Kier molecular flexibility index (Phi) is 22.4. The molecular formula is C46H69N3O8S. The summed E-state index contributed by atoms with van der Waals surface area (Å²) in [5, 5.41) is 17.8. The lowest BCUT2D eigenvalue weighted by Gasteiger charge is -2.24. The third-order valence-corrected chi connectivity index (χ3v) is 11.4. The van der Waals surface area contributed by atoms with Crippen molar-refractivity contribution in [2.75, 3.05) is 24.7 Å². The fourth-order valence-corrected chi connectivity index (χ4v) is 8.12. The molecule has 0 aromatic heterocycles. The van der Waals surface area contributed by atoms with E-state index in [1.54, 1.807) is 20.8 Å². The van der Waals surface area contributed by atoms with Crippen LogP contribution in [0.3, 0.4) is 0 Å². The van der Waals surface area contributed by atoms with Crippen LogP contribution in [0.1, 0.15) is 154 Å². The van der Waals surface area contributed by atoms with Crippen molar-refractivity contribution in [3.63, 3.8) is 0 Å². The molecule has 2 aromatic carbocycles. The second kappa shape index (κ2) is 26.8. The molecule has 1 aliphatic rings.